The maximum atomic E-state index is 13.8. The number of carbonyl (C=O) groups excluding carboxylic acids is 1. The molecule has 1 atom stereocenters. The second-order valence-corrected chi connectivity index (χ2v) is 7.52. The predicted molar refractivity (Wildman–Crippen MR) is 77.0 cm³/mol. The zero-order valence-electron chi connectivity index (χ0n) is 12.1. The Hall–Kier alpha value is -1.18. The summed E-state index contributed by atoms with van der Waals surface area (Å²) in [5.41, 5.74) is -0.752. The van der Waals surface area contributed by atoms with Crippen LogP contribution in [0.5, 0.6) is 0 Å². The van der Waals surface area contributed by atoms with E-state index in [1.807, 2.05) is 0 Å². The first kappa shape index (κ1) is 17.9. The second-order valence-electron chi connectivity index (χ2n) is 5.43. The van der Waals surface area contributed by atoms with Crippen LogP contribution in [0.15, 0.2) is 23.1 Å². The lowest BCUT2D eigenvalue weighted by Gasteiger charge is -2.22. The average molecular weight is 338 g/mol. The normalized spacial score (nSPS) is 13.8. The number of rotatable bonds is 4. The number of hydrogen-bond acceptors (Lipinski definition) is 4. The van der Waals surface area contributed by atoms with Gasteiger partial charge in [-0.3, -0.25) is 4.79 Å². The molecule has 0 unspecified atom stereocenters. The van der Waals surface area contributed by atoms with E-state index in [0.29, 0.717) is 0 Å². The second kappa shape index (κ2) is 6.29. The summed E-state index contributed by atoms with van der Waals surface area (Å²) in [6.45, 7) is 6.28. The van der Waals surface area contributed by atoms with Crippen LogP contribution in [-0.2, 0) is 19.6 Å². The number of sulfonamides is 1. The molecule has 0 radical (unpaired) electrons. The highest BCUT2D eigenvalue weighted by Gasteiger charge is 2.28. The molecule has 118 valence electrons. The molecule has 21 heavy (non-hydrogen) atoms. The van der Waals surface area contributed by atoms with E-state index in [9.17, 15) is 17.6 Å². The van der Waals surface area contributed by atoms with Gasteiger partial charge in [0.2, 0.25) is 10.0 Å². The van der Waals surface area contributed by atoms with Gasteiger partial charge in [-0.15, -0.1) is 0 Å². The van der Waals surface area contributed by atoms with Crippen molar-refractivity contribution in [3.05, 3.63) is 29.0 Å². The van der Waals surface area contributed by atoms with Crippen LogP contribution in [0.3, 0.4) is 0 Å². The monoisotopic (exact) mass is 337 g/mol. The maximum absolute atomic E-state index is 13.8. The highest BCUT2D eigenvalue weighted by Crippen LogP contribution is 2.22. The third-order valence-corrected chi connectivity index (χ3v) is 4.15. The van der Waals surface area contributed by atoms with Gasteiger partial charge in [0.1, 0.15) is 16.5 Å². The largest absolute Gasteiger partial charge is 0.459 e. The van der Waals surface area contributed by atoms with Gasteiger partial charge in [0.25, 0.3) is 0 Å². The molecule has 1 rings (SSSR count). The van der Waals surface area contributed by atoms with E-state index >= 15 is 0 Å². The fourth-order valence-corrected chi connectivity index (χ4v) is 2.95. The Kier molecular flexibility index (Phi) is 5.35. The molecule has 0 bridgehead atoms. The SMILES string of the molecule is C[C@@H](NS(=O)(=O)c1cccc(Cl)c1F)C(=O)OC(C)(C)C. The molecule has 1 aromatic carbocycles. The first-order chi connectivity index (χ1) is 9.44. The first-order valence-electron chi connectivity index (χ1n) is 6.13. The molecule has 0 fully saturated rings. The summed E-state index contributed by atoms with van der Waals surface area (Å²) in [4.78, 5) is 11.1. The van der Waals surface area contributed by atoms with Crippen molar-refractivity contribution in [1.29, 1.82) is 0 Å². The molecule has 0 aliphatic rings. The maximum Gasteiger partial charge on any atom is 0.324 e. The minimum atomic E-state index is -4.22. The van der Waals surface area contributed by atoms with Crippen molar-refractivity contribution in [3.8, 4) is 0 Å². The van der Waals surface area contributed by atoms with Crippen LogP contribution in [0.25, 0.3) is 0 Å². The van der Waals surface area contributed by atoms with Gasteiger partial charge in [-0.1, -0.05) is 17.7 Å². The van der Waals surface area contributed by atoms with Gasteiger partial charge in [0.05, 0.1) is 5.02 Å². The molecule has 0 saturated heterocycles. The van der Waals surface area contributed by atoms with Crippen LogP contribution < -0.4 is 4.72 Å². The van der Waals surface area contributed by atoms with Crippen LogP contribution in [0.1, 0.15) is 27.7 Å². The lowest BCUT2D eigenvalue weighted by molar-refractivity contribution is -0.156. The average Bonchev–Trinajstić information content (AvgIpc) is 2.29. The van der Waals surface area contributed by atoms with Crippen LogP contribution >= 0.6 is 11.6 Å². The van der Waals surface area contributed by atoms with Crippen LogP contribution in [0, 0.1) is 5.82 Å². The predicted octanol–water partition coefficient (Wildman–Crippen LogP) is 2.49. The third kappa shape index (κ3) is 4.94. The Morgan fingerprint density at radius 3 is 2.48 bits per heavy atom. The molecule has 0 spiro atoms. The van der Waals surface area contributed by atoms with Crippen molar-refractivity contribution in [2.75, 3.05) is 0 Å². The molecular formula is C13H17ClFNO4S. The Bertz CT molecular complexity index is 640. The zero-order chi connectivity index (χ0) is 16.4. The highest BCUT2D eigenvalue weighted by atomic mass is 35.5. The number of ether oxygens (including phenoxy) is 1. The van der Waals surface area contributed by atoms with Gasteiger partial charge in [0.15, 0.2) is 5.82 Å². The lowest BCUT2D eigenvalue weighted by Crippen LogP contribution is -2.42. The number of carbonyl (C=O) groups is 1. The Morgan fingerprint density at radius 2 is 1.95 bits per heavy atom. The Morgan fingerprint density at radius 1 is 1.38 bits per heavy atom. The van der Waals surface area contributed by atoms with Crippen molar-refractivity contribution < 1.29 is 22.3 Å². The quantitative estimate of drug-likeness (QED) is 0.857. The molecular weight excluding hydrogens is 321 g/mol. The summed E-state index contributed by atoms with van der Waals surface area (Å²) >= 11 is 5.55. The number of hydrogen-bond donors (Lipinski definition) is 1. The van der Waals surface area contributed by atoms with Crippen molar-refractivity contribution in [2.45, 2.75) is 44.2 Å². The van der Waals surface area contributed by atoms with E-state index in [1.54, 1.807) is 20.8 Å². The van der Waals surface area contributed by atoms with E-state index in [-0.39, 0.29) is 5.02 Å². The van der Waals surface area contributed by atoms with Crippen LogP contribution in [-0.4, -0.2) is 26.0 Å². The van der Waals surface area contributed by atoms with E-state index in [4.69, 9.17) is 16.3 Å². The minimum absolute atomic E-state index is 0.317. The first-order valence-corrected chi connectivity index (χ1v) is 7.99. The topological polar surface area (TPSA) is 72.5 Å². The molecule has 5 nitrogen and oxygen atoms in total. The smallest absolute Gasteiger partial charge is 0.324 e. The van der Waals surface area contributed by atoms with Gasteiger partial charge in [0, 0.05) is 0 Å². The fraction of sp³-hybridized carbons (Fsp3) is 0.462. The van der Waals surface area contributed by atoms with Gasteiger partial charge in [-0.25, -0.2) is 12.8 Å². The molecule has 0 aliphatic heterocycles. The summed E-state index contributed by atoms with van der Waals surface area (Å²) in [6, 6.07) is 2.43. The Labute approximate surface area is 128 Å². The Balaban J connectivity index is 2.95. The summed E-state index contributed by atoms with van der Waals surface area (Å²) < 4.78 is 45.0. The van der Waals surface area contributed by atoms with Crippen molar-refractivity contribution in [3.63, 3.8) is 0 Å². The number of esters is 1. The van der Waals surface area contributed by atoms with Gasteiger partial charge in [-0.05, 0) is 39.8 Å². The summed E-state index contributed by atoms with van der Waals surface area (Å²) in [5, 5.41) is -0.317. The summed E-state index contributed by atoms with van der Waals surface area (Å²) in [5.74, 6) is -1.82. The lowest BCUT2D eigenvalue weighted by atomic mass is 10.2. The number of nitrogens with one attached hydrogen (secondary N) is 1. The van der Waals surface area contributed by atoms with Crippen molar-refractivity contribution in [2.24, 2.45) is 0 Å². The minimum Gasteiger partial charge on any atom is -0.459 e. The highest BCUT2D eigenvalue weighted by molar-refractivity contribution is 7.89. The molecule has 0 amide bonds. The number of benzene rings is 1. The molecule has 0 saturated carbocycles. The molecule has 8 heteroatoms. The summed E-state index contributed by atoms with van der Waals surface area (Å²) in [6.07, 6.45) is 0. The van der Waals surface area contributed by atoms with Gasteiger partial charge >= 0.3 is 5.97 Å². The van der Waals surface area contributed by atoms with E-state index in [2.05, 4.69) is 4.72 Å². The fourth-order valence-electron chi connectivity index (χ4n) is 1.43. The van der Waals surface area contributed by atoms with Gasteiger partial charge < -0.3 is 4.74 Å². The molecule has 1 N–H and O–H groups in total. The summed E-state index contributed by atoms with van der Waals surface area (Å²) in [7, 11) is -4.22. The van der Waals surface area contributed by atoms with E-state index < -0.39 is 38.3 Å². The third-order valence-electron chi connectivity index (χ3n) is 2.30. The van der Waals surface area contributed by atoms with Crippen molar-refractivity contribution in [1.82, 2.24) is 4.72 Å². The van der Waals surface area contributed by atoms with Crippen molar-refractivity contribution >= 4 is 27.6 Å². The van der Waals surface area contributed by atoms with Crippen LogP contribution in [0.2, 0.25) is 5.02 Å². The zero-order valence-corrected chi connectivity index (χ0v) is 13.7. The molecule has 0 aromatic heterocycles. The van der Waals surface area contributed by atoms with E-state index in [1.165, 1.54) is 19.1 Å². The molecule has 1 aromatic rings. The molecule has 0 heterocycles. The number of halogens is 2. The standard InChI is InChI=1S/C13H17ClFNO4S/c1-8(12(17)20-13(2,3)4)16-21(18,19)10-7-5-6-9(14)11(10)15/h5-8,16H,1-4H3/t8-/m1/s1. The van der Waals surface area contributed by atoms with Crippen LogP contribution in [0.4, 0.5) is 4.39 Å². The van der Waals surface area contributed by atoms with Gasteiger partial charge in [-0.2, -0.15) is 4.72 Å². The van der Waals surface area contributed by atoms with E-state index in [0.717, 1.165) is 6.07 Å². The molecule has 0 aliphatic carbocycles.